The summed E-state index contributed by atoms with van der Waals surface area (Å²) in [5.41, 5.74) is -0.116. The number of ketones is 1. The van der Waals surface area contributed by atoms with Crippen LogP contribution < -0.4 is 20.1 Å². The van der Waals surface area contributed by atoms with Crippen LogP contribution in [0.2, 0.25) is 0 Å². The molecule has 0 bridgehead atoms. The zero-order valence-electron chi connectivity index (χ0n) is 22.3. The quantitative estimate of drug-likeness (QED) is 0.270. The molecule has 222 valence electrons. The van der Waals surface area contributed by atoms with Crippen molar-refractivity contribution in [3.05, 3.63) is 48.0 Å². The molecule has 3 aliphatic rings. The Morgan fingerprint density at radius 2 is 1.88 bits per heavy atom. The molecule has 5 rings (SSSR count). The number of Topliss-reactive ketones (excluding diaryl/α,β-unsaturated/α-hetero) is 1. The number of carbonyl (C=O) groups is 2. The Balaban J connectivity index is 1.09. The van der Waals surface area contributed by atoms with Crippen LogP contribution >= 0.6 is 0 Å². The fourth-order valence-electron chi connectivity index (χ4n) is 5.29. The van der Waals surface area contributed by atoms with Crippen molar-refractivity contribution >= 4 is 37.4 Å². The number of aliphatic hydroxyl groups excluding tert-OH is 1. The van der Waals surface area contributed by atoms with Gasteiger partial charge in [-0.05, 0) is 56.6 Å². The van der Waals surface area contributed by atoms with Gasteiger partial charge in [-0.2, -0.15) is 4.31 Å². The zero-order valence-corrected chi connectivity index (χ0v) is 24.0. The van der Waals surface area contributed by atoms with Crippen LogP contribution in [0.25, 0.3) is 0 Å². The first-order valence-corrected chi connectivity index (χ1v) is 16.1. The summed E-state index contributed by atoms with van der Waals surface area (Å²) in [4.78, 5) is 23.7. The van der Waals surface area contributed by atoms with E-state index in [1.54, 1.807) is 12.1 Å². The predicted molar refractivity (Wildman–Crippen MR) is 147 cm³/mol. The lowest BCUT2D eigenvalue weighted by molar-refractivity contribution is -0.112. The Labute approximate surface area is 238 Å². The first kappa shape index (κ1) is 29.6. The van der Waals surface area contributed by atoms with Crippen molar-refractivity contribution in [2.45, 2.75) is 46.8 Å². The summed E-state index contributed by atoms with van der Waals surface area (Å²) >= 11 is 0. The van der Waals surface area contributed by atoms with E-state index in [0.29, 0.717) is 37.3 Å². The van der Waals surface area contributed by atoms with Crippen molar-refractivity contribution in [3.8, 4) is 5.75 Å². The largest absolute Gasteiger partial charge is 0.491 e. The maximum Gasteiger partial charge on any atom is 0.296 e. The number of nitrogens with one attached hydrogen (secondary N) is 3. The van der Waals surface area contributed by atoms with E-state index in [4.69, 9.17) is 9.47 Å². The molecule has 0 aromatic heterocycles. The Kier molecular flexibility index (Phi) is 8.22. The Bertz CT molecular complexity index is 1550. The highest BCUT2D eigenvalue weighted by molar-refractivity contribution is 7.89. The fraction of sp³-hybridized carbons (Fsp3) is 0.462. The Morgan fingerprint density at radius 3 is 2.61 bits per heavy atom. The first-order valence-electron chi connectivity index (χ1n) is 13.1. The van der Waals surface area contributed by atoms with Gasteiger partial charge in [0.05, 0.1) is 33.2 Å². The highest BCUT2D eigenvalue weighted by Crippen LogP contribution is 2.38. The van der Waals surface area contributed by atoms with Crippen molar-refractivity contribution < 1.29 is 41.0 Å². The molecular weight excluding hydrogens is 576 g/mol. The SMILES string of the molecule is CNS(=O)(=O)c1cccc(OCC(O)CNC2COC3(CCN(S(=O)(=O)c4ccc5c(c4)C(=O)C(=O)N5)CC3)C2)c1. The molecule has 2 atom stereocenters. The first-order chi connectivity index (χ1) is 19.4. The molecule has 0 saturated carbocycles. The second kappa shape index (κ2) is 11.4. The molecule has 0 radical (unpaired) electrons. The standard InChI is InChI=1S/C26H32N4O9S2/c1-27-40(34,35)20-4-2-3-19(11-20)38-16-18(31)14-28-17-13-26(39-15-17)7-9-30(10-8-26)41(36,37)21-5-6-23-22(12-21)24(32)25(33)29-23/h2-6,11-12,17-18,27-28,31H,7-10,13-16H2,1H3,(H,29,32,33). The molecular formula is C26H32N4O9S2. The average molecular weight is 609 g/mol. The van der Waals surface area contributed by atoms with E-state index in [1.165, 1.54) is 41.7 Å². The molecule has 2 saturated heterocycles. The summed E-state index contributed by atoms with van der Waals surface area (Å²) in [5, 5.41) is 16.1. The summed E-state index contributed by atoms with van der Waals surface area (Å²) in [6.45, 7) is 1.10. The third-order valence-electron chi connectivity index (χ3n) is 7.64. The van der Waals surface area contributed by atoms with Crippen LogP contribution in [0.3, 0.4) is 0 Å². The number of amides is 1. The molecule has 3 aliphatic heterocycles. The van der Waals surface area contributed by atoms with E-state index >= 15 is 0 Å². The van der Waals surface area contributed by atoms with Crippen LogP contribution in [0.1, 0.15) is 29.6 Å². The molecule has 2 fully saturated rings. The van der Waals surface area contributed by atoms with Crippen molar-refractivity contribution in [2.75, 3.05) is 45.2 Å². The van der Waals surface area contributed by atoms with Gasteiger partial charge in [0.1, 0.15) is 18.5 Å². The van der Waals surface area contributed by atoms with Crippen LogP contribution in [-0.2, 0) is 29.6 Å². The van der Waals surface area contributed by atoms with E-state index in [9.17, 15) is 31.5 Å². The van der Waals surface area contributed by atoms with Gasteiger partial charge in [0, 0.05) is 31.7 Å². The number of ether oxygens (including phenoxy) is 2. The Morgan fingerprint density at radius 1 is 1.12 bits per heavy atom. The van der Waals surface area contributed by atoms with Crippen molar-refractivity contribution in [1.29, 1.82) is 0 Å². The number of fused-ring (bicyclic) bond motifs is 1. The molecule has 4 N–H and O–H groups in total. The lowest BCUT2D eigenvalue weighted by Gasteiger charge is -2.38. The number of piperidine rings is 1. The third kappa shape index (κ3) is 6.16. The summed E-state index contributed by atoms with van der Waals surface area (Å²) in [6.07, 6.45) is 0.782. The molecule has 1 amide bonds. The van der Waals surface area contributed by atoms with Gasteiger partial charge in [0.15, 0.2) is 0 Å². The third-order valence-corrected chi connectivity index (χ3v) is 10.9. The molecule has 2 aromatic carbocycles. The highest BCUT2D eigenvalue weighted by atomic mass is 32.2. The average Bonchev–Trinajstić information content (AvgIpc) is 3.50. The number of hydrogen-bond acceptors (Lipinski definition) is 10. The van der Waals surface area contributed by atoms with Crippen molar-refractivity contribution in [1.82, 2.24) is 14.3 Å². The van der Waals surface area contributed by atoms with E-state index < -0.39 is 43.4 Å². The van der Waals surface area contributed by atoms with Crippen LogP contribution in [0, 0.1) is 0 Å². The van der Waals surface area contributed by atoms with Gasteiger partial charge in [-0.3, -0.25) is 9.59 Å². The number of benzene rings is 2. The van der Waals surface area contributed by atoms with Crippen LogP contribution in [0.15, 0.2) is 52.3 Å². The van der Waals surface area contributed by atoms with Crippen molar-refractivity contribution in [3.63, 3.8) is 0 Å². The lowest BCUT2D eigenvalue weighted by atomic mass is 9.88. The van der Waals surface area contributed by atoms with Crippen LogP contribution in [-0.4, -0.2) is 95.6 Å². The molecule has 41 heavy (non-hydrogen) atoms. The summed E-state index contributed by atoms with van der Waals surface area (Å²) < 4.78 is 65.7. The number of nitrogens with zero attached hydrogens (tertiary/aromatic N) is 1. The molecule has 1 spiro atoms. The van der Waals surface area contributed by atoms with Gasteiger partial charge in [-0.15, -0.1) is 0 Å². The number of sulfonamides is 2. The van der Waals surface area contributed by atoms with E-state index in [0.717, 1.165) is 0 Å². The predicted octanol–water partition coefficient (Wildman–Crippen LogP) is 0.0712. The second-order valence-electron chi connectivity index (χ2n) is 10.3. The minimum absolute atomic E-state index is 0.0319. The van der Waals surface area contributed by atoms with Gasteiger partial charge in [-0.25, -0.2) is 21.6 Å². The van der Waals surface area contributed by atoms with Gasteiger partial charge in [0.2, 0.25) is 20.0 Å². The minimum Gasteiger partial charge on any atom is -0.491 e. The molecule has 3 heterocycles. The van der Waals surface area contributed by atoms with Crippen molar-refractivity contribution in [2.24, 2.45) is 0 Å². The fourth-order valence-corrected chi connectivity index (χ4v) is 7.53. The molecule has 2 aromatic rings. The molecule has 0 aliphatic carbocycles. The summed E-state index contributed by atoms with van der Waals surface area (Å²) in [6, 6.07) is 10.0. The summed E-state index contributed by atoms with van der Waals surface area (Å²) in [7, 11) is -6.15. The lowest BCUT2D eigenvalue weighted by Crippen LogP contribution is -2.47. The topological polar surface area (TPSA) is 180 Å². The smallest absolute Gasteiger partial charge is 0.296 e. The number of carbonyl (C=O) groups excluding carboxylic acids is 2. The molecule has 2 unspecified atom stereocenters. The summed E-state index contributed by atoms with van der Waals surface area (Å²) in [5.74, 6) is -1.20. The van der Waals surface area contributed by atoms with Gasteiger partial charge in [-0.1, -0.05) is 6.07 Å². The van der Waals surface area contributed by atoms with Crippen LogP contribution in [0.4, 0.5) is 5.69 Å². The maximum absolute atomic E-state index is 13.3. The Hall–Kier alpha value is -2.92. The second-order valence-corrected chi connectivity index (χ2v) is 14.2. The van der Waals surface area contributed by atoms with Gasteiger partial charge in [0.25, 0.3) is 11.7 Å². The maximum atomic E-state index is 13.3. The normalized spacial score (nSPS) is 21.6. The highest BCUT2D eigenvalue weighted by Gasteiger charge is 2.45. The molecule has 15 heteroatoms. The number of aliphatic hydroxyl groups is 1. The molecule has 13 nitrogen and oxygen atoms in total. The van der Waals surface area contributed by atoms with Gasteiger partial charge < -0.3 is 25.2 Å². The van der Waals surface area contributed by atoms with Gasteiger partial charge >= 0.3 is 0 Å². The monoisotopic (exact) mass is 608 g/mol. The van der Waals surface area contributed by atoms with E-state index in [2.05, 4.69) is 15.4 Å². The number of anilines is 1. The van der Waals surface area contributed by atoms with Crippen LogP contribution in [0.5, 0.6) is 5.75 Å². The number of rotatable bonds is 10. The zero-order chi connectivity index (χ0) is 29.4. The van der Waals surface area contributed by atoms with E-state index in [-0.39, 0.29) is 47.6 Å². The number of hydrogen-bond donors (Lipinski definition) is 4. The van der Waals surface area contributed by atoms with E-state index in [1.807, 2.05) is 0 Å². The minimum atomic E-state index is -3.86.